The van der Waals surface area contributed by atoms with Gasteiger partial charge in [0.15, 0.2) is 11.5 Å². The summed E-state index contributed by atoms with van der Waals surface area (Å²) < 4.78 is 12.6. The maximum absolute atomic E-state index is 5.88. The third-order valence-corrected chi connectivity index (χ3v) is 5.84. The Balaban J connectivity index is 1.56. The van der Waals surface area contributed by atoms with Crippen LogP contribution in [0.15, 0.2) is 54.6 Å². The number of rotatable bonds is 7. The smallest absolute Gasteiger partial charge is 0.161 e. The second kappa shape index (κ2) is 8.66. The highest BCUT2D eigenvalue weighted by atomic mass is 32.1. The Bertz CT molecular complexity index is 1160. The van der Waals surface area contributed by atoms with Crippen molar-refractivity contribution in [3.63, 3.8) is 0 Å². The highest BCUT2D eigenvalue weighted by Crippen LogP contribution is 2.31. The summed E-state index contributed by atoms with van der Waals surface area (Å²) in [5.74, 6) is 2.16. The Hall–Kier alpha value is -2.85. The molecule has 0 aliphatic heterocycles. The second-order valence-corrected chi connectivity index (χ2v) is 8.52. The maximum Gasteiger partial charge on any atom is 0.161 e. The molecule has 0 spiro atoms. The number of ether oxygens (including phenoxy) is 2. The Morgan fingerprint density at radius 3 is 2.69 bits per heavy atom. The van der Waals surface area contributed by atoms with Crippen molar-refractivity contribution in [2.75, 3.05) is 13.7 Å². The molecule has 1 heterocycles. The minimum Gasteiger partial charge on any atom is -0.493 e. The molecule has 3 aromatic carbocycles. The van der Waals surface area contributed by atoms with Crippen LogP contribution in [0.2, 0.25) is 0 Å². The predicted octanol–water partition coefficient (Wildman–Crippen LogP) is 7.05. The third kappa shape index (κ3) is 4.43. The number of methoxy groups -OCH3 is 1. The number of aromatic nitrogens is 1. The predicted molar refractivity (Wildman–Crippen MR) is 124 cm³/mol. The first-order valence-electron chi connectivity index (χ1n) is 9.91. The lowest BCUT2D eigenvalue weighted by molar-refractivity contribution is 0.273. The van der Waals surface area contributed by atoms with Crippen molar-refractivity contribution in [2.24, 2.45) is 5.92 Å². The molecule has 0 radical (unpaired) electrons. The molecule has 0 aliphatic rings. The number of hydrogen-bond acceptors (Lipinski definition) is 4. The van der Waals surface area contributed by atoms with E-state index in [0.29, 0.717) is 12.5 Å². The molecule has 0 fully saturated rings. The molecule has 29 heavy (non-hydrogen) atoms. The van der Waals surface area contributed by atoms with Gasteiger partial charge in [-0.2, -0.15) is 0 Å². The summed E-state index contributed by atoms with van der Waals surface area (Å²) in [6.07, 6.45) is 5.16. The summed E-state index contributed by atoms with van der Waals surface area (Å²) in [6, 6.07) is 18.7. The first-order chi connectivity index (χ1) is 14.1. The molecule has 4 heteroatoms. The van der Waals surface area contributed by atoms with Gasteiger partial charge in [-0.1, -0.05) is 56.3 Å². The molecule has 0 atom stereocenters. The van der Waals surface area contributed by atoms with Gasteiger partial charge in [0, 0.05) is 5.39 Å². The van der Waals surface area contributed by atoms with Crippen molar-refractivity contribution >= 4 is 44.5 Å². The molecule has 148 valence electrons. The van der Waals surface area contributed by atoms with E-state index < -0.39 is 0 Å². The van der Waals surface area contributed by atoms with Crippen molar-refractivity contribution in [3.8, 4) is 11.5 Å². The van der Waals surface area contributed by atoms with Crippen molar-refractivity contribution in [2.45, 2.75) is 20.3 Å². The fourth-order valence-electron chi connectivity index (χ4n) is 3.23. The van der Waals surface area contributed by atoms with E-state index in [2.05, 4.69) is 62.4 Å². The summed E-state index contributed by atoms with van der Waals surface area (Å²) >= 11 is 1.70. The van der Waals surface area contributed by atoms with E-state index in [1.807, 2.05) is 18.2 Å². The van der Waals surface area contributed by atoms with E-state index in [1.54, 1.807) is 18.4 Å². The Morgan fingerprint density at radius 2 is 1.86 bits per heavy atom. The molecule has 1 aromatic heterocycles. The highest BCUT2D eigenvalue weighted by Gasteiger charge is 2.07. The normalized spacial score (nSPS) is 11.7. The van der Waals surface area contributed by atoms with Crippen molar-refractivity contribution in [1.29, 1.82) is 0 Å². The van der Waals surface area contributed by atoms with Gasteiger partial charge in [0.2, 0.25) is 0 Å². The minimum atomic E-state index is 0.620. The van der Waals surface area contributed by atoms with E-state index >= 15 is 0 Å². The SMILES string of the molecule is COc1cc(C=Cc2nc3c(ccc4ccccc43)s2)ccc1OCCC(C)C. The largest absolute Gasteiger partial charge is 0.493 e. The topological polar surface area (TPSA) is 31.4 Å². The fourth-order valence-corrected chi connectivity index (χ4v) is 4.12. The van der Waals surface area contributed by atoms with Crippen LogP contribution in [0.3, 0.4) is 0 Å². The average Bonchev–Trinajstić information content (AvgIpc) is 3.16. The zero-order valence-corrected chi connectivity index (χ0v) is 17.8. The van der Waals surface area contributed by atoms with Gasteiger partial charge in [-0.3, -0.25) is 0 Å². The van der Waals surface area contributed by atoms with Crippen LogP contribution >= 0.6 is 11.3 Å². The fraction of sp³-hybridized carbons (Fsp3) is 0.240. The Morgan fingerprint density at radius 1 is 1.00 bits per heavy atom. The van der Waals surface area contributed by atoms with Crippen LogP contribution in [-0.4, -0.2) is 18.7 Å². The van der Waals surface area contributed by atoms with Gasteiger partial charge in [-0.05, 0) is 47.6 Å². The number of benzene rings is 3. The van der Waals surface area contributed by atoms with E-state index in [0.717, 1.165) is 34.0 Å². The van der Waals surface area contributed by atoms with E-state index in [9.17, 15) is 0 Å². The Kier molecular flexibility index (Phi) is 5.81. The van der Waals surface area contributed by atoms with Crippen LogP contribution in [0.1, 0.15) is 30.8 Å². The summed E-state index contributed by atoms with van der Waals surface area (Å²) in [5.41, 5.74) is 2.13. The van der Waals surface area contributed by atoms with Gasteiger partial charge < -0.3 is 9.47 Å². The molecule has 4 rings (SSSR count). The van der Waals surface area contributed by atoms with Crippen molar-refractivity contribution in [1.82, 2.24) is 4.98 Å². The molecule has 0 bridgehead atoms. The average molecular weight is 404 g/mol. The van der Waals surface area contributed by atoms with E-state index in [4.69, 9.17) is 14.5 Å². The molecular formula is C25H25NO2S. The molecule has 4 aromatic rings. The standard InChI is InChI=1S/C25H25NO2S/c1-17(2)14-15-28-21-11-8-18(16-22(21)27-3)9-13-24-26-25-20-7-5-4-6-19(20)10-12-23(25)29-24/h4-13,16-17H,14-15H2,1-3H3. The first-order valence-corrected chi connectivity index (χ1v) is 10.7. The molecule has 0 saturated heterocycles. The summed E-state index contributed by atoms with van der Waals surface area (Å²) in [5, 5.41) is 3.41. The van der Waals surface area contributed by atoms with Gasteiger partial charge >= 0.3 is 0 Å². The van der Waals surface area contributed by atoms with Crippen LogP contribution in [-0.2, 0) is 0 Å². The highest BCUT2D eigenvalue weighted by molar-refractivity contribution is 7.19. The lowest BCUT2D eigenvalue weighted by atomic mass is 10.1. The number of fused-ring (bicyclic) bond motifs is 3. The van der Waals surface area contributed by atoms with Crippen LogP contribution in [0, 0.1) is 5.92 Å². The second-order valence-electron chi connectivity index (χ2n) is 7.46. The number of nitrogens with zero attached hydrogens (tertiary/aromatic N) is 1. The number of thiazole rings is 1. The number of hydrogen-bond donors (Lipinski definition) is 0. The molecule has 0 amide bonds. The van der Waals surface area contributed by atoms with Gasteiger partial charge in [0.25, 0.3) is 0 Å². The van der Waals surface area contributed by atoms with Crippen LogP contribution in [0.5, 0.6) is 11.5 Å². The van der Waals surface area contributed by atoms with Gasteiger partial charge in [-0.25, -0.2) is 4.98 Å². The first kappa shape index (κ1) is 19.5. The minimum absolute atomic E-state index is 0.620. The summed E-state index contributed by atoms with van der Waals surface area (Å²) in [4.78, 5) is 4.85. The summed E-state index contributed by atoms with van der Waals surface area (Å²) in [7, 11) is 1.68. The van der Waals surface area contributed by atoms with E-state index in [1.165, 1.54) is 15.5 Å². The third-order valence-electron chi connectivity index (χ3n) is 4.86. The summed E-state index contributed by atoms with van der Waals surface area (Å²) in [6.45, 7) is 5.08. The van der Waals surface area contributed by atoms with Crippen LogP contribution in [0.25, 0.3) is 33.1 Å². The van der Waals surface area contributed by atoms with Crippen molar-refractivity contribution < 1.29 is 9.47 Å². The molecule has 3 nitrogen and oxygen atoms in total. The molecule has 0 N–H and O–H groups in total. The Labute approximate surface area is 175 Å². The molecule has 0 aliphatic carbocycles. The molecule has 0 unspecified atom stereocenters. The van der Waals surface area contributed by atoms with Gasteiger partial charge in [0.05, 0.1) is 23.9 Å². The maximum atomic E-state index is 5.88. The lowest BCUT2D eigenvalue weighted by Gasteiger charge is -2.12. The monoisotopic (exact) mass is 403 g/mol. The van der Waals surface area contributed by atoms with Crippen LogP contribution in [0.4, 0.5) is 0 Å². The zero-order valence-electron chi connectivity index (χ0n) is 17.0. The van der Waals surface area contributed by atoms with E-state index in [-0.39, 0.29) is 0 Å². The molecular weight excluding hydrogens is 378 g/mol. The lowest BCUT2D eigenvalue weighted by Crippen LogP contribution is -2.02. The quantitative estimate of drug-likeness (QED) is 0.331. The van der Waals surface area contributed by atoms with Gasteiger partial charge in [0.1, 0.15) is 5.01 Å². The van der Waals surface area contributed by atoms with Gasteiger partial charge in [-0.15, -0.1) is 11.3 Å². The van der Waals surface area contributed by atoms with Crippen molar-refractivity contribution in [3.05, 3.63) is 65.2 Å². The molecule has 0 saturated carbocycles. The zero-order chi connectivity index (χ0) is 20.2. The van der Waals surface area contributed by atoms with Crippen LogP contribution < -0.4 is 9.47 Å².